The summed E-state index contributed by atoms with van der Waals surface area (Å²) in [6.07, 6.45) is 0. The van der Waals surface area contributed by atoms with Crippen molar-refractivity contribution in [2.45, 2.75) is 31.4 Å². The lowest BCUT2D eigenvalue weighted by molar-refractivity contribution is 1.03. The third-order valence-electron chi connectivity index (χ3n) is 2.48. The quantitative estimate of drug-likeness (QED) is 0.843. The Bertz CT molecular complexity index is 523. The Morgan fingerprint density at radius 1 is 1.28 bits per heavy atom. The monoisotopic (exact) mass is 279 g/mol. The minimum Gasteiger partial charge on any atom is -0.360 e. The number of hydrogen-bond acceptors (Lipinski definition) is 5. The lowest BCUT2D eigenvalue weighted by Crippen LogP contribution is -1.94. The molecule has 1 N–H and O–H groups in total. The number of benzene rings is 1. The Morgan fingerprint density at radius 2 is 2.11 bits per heavy atom. The normalized spacial score (nSPS) is 10.6. The van der Waals surface area contributed by atoms with Crippen LogP contribution in [0.1, 0.15) is 23.1 Å². The molecule has 0 saturated heterocycles. The molecule has 2 rings (SSSR count). The van der Waals surface area contributed by atoms with Crippen LogP contribution in [0.4, 0.5) is 5.13 Å². The second-order valence-electron chi connectivity index (χ2n) is 4.09. The second-order valence-corrected chi connectivity index (χ2v) is 6.17. The van der Waals surface area contributed by atoms with Gasteiger partial charge in [0.2, 0.25) is 5.13 Å². The average molecular weight is 279 g/mol. The van der Waals surface area contributed by atoms with E-state index in [1.54, 1.807) is 11.3 Å². The number of hydrogen-bond donors (Lipinski definition) is 1. The predicted octanol–water partition coefficient (Wildman–Crippen LogP) is 3.88. The predicted molar refractivity (Wildman–Crippen MR) is 79.5 cm³/mol. The van der Waals surface area contributed by atoms with E-state index in [4.69, 9.17) is 0 Å². The van der Waals surface area contributed by atoms with E-state index in [0.717, 1.165) is 22.4 Å². The summed E-state index contributed by atoms with van der Waals surface area (Å²) in [6, 6.07) is 6.55. The first-order chi connectivity index (χ1) is 8.69. The summed E-state index contributed by atoms with van der Waals surface area (Å²) in [6.45, 7) is 7.22. The van der Waals surface area contributed by atoms with Gasteiger partial charge in [0.1, 0.15) is 5.01 Å². The van der Waals surface area contributed by atoms with Crippen LogP contribution in [-0.2, 0) is 5.75 Å². The fraction of sp³-hybridized carbons (Fsp3) is 0.385. The molecule has 96 valence electrons. The van der Waals surface area contributed by atoms with Gasteiger partial charge in [0.25, 0.3) is 0 Å². The van der Waals surface area contributed by atoms with Gasteiger partial charge >= 0.3 is 0 Å². The Morgan fingerprint density at radius 3 is 2.83 bits per heavy atom. The van der Waals surface area contributed by atoms with Crippen molar-refractivity contribution in [3.63, 3.8) is 0 Å². The molecule has 5 heteroatoms. The minimum atomic E-state index is 0.882. The molecule has 0 amide bonds. The standard InChI is InChI=1S/C13H17N3S2/c1-4-14-13-16-15-12(18-13)8-17-11-6-5-9(2)7-10(11)3/h5-7H,4,8H2,1-3H3,(H,14,16). The third kappa shape index (κ3) is 3.46. The van der Waals surface area contributed by atoms with Gasteiger partial charge < -0.3 is 5.32 Å². The van der Waals surface area contributed by atoms with Gasteiger partial charge in [-0.3, -0.25) is 0 Å². The van der Waals surface area contributed by atoms with Gasteiger partial charge in [0.05, 0.1) is 5.75 Å². The van der Waals surface area contributed by atoms with Crippen molar-refractivity contribution in [3.05, 3.63) is 34.3 Å². The topological polar surface area (TPSA) is 37.8 Å². The number of nitrogens with zero attached hydrogens (tertiary/aromatic N) is 2. The first-order valence-corrected chi connectivity index (χ1v) is 7.75. The molecule has 1 aromatic heterocycles. The molecule has 18 heavy (non-hydrogen) atoms. The molecule has 0 spiro atoms. The second kappa shape index (κ2) is 6.20. The number of aromatic nitrogens is 2. The zero-order chi connectivity index (χ0) is 13.0. The van der Waals surface area contributed by atoms with Crippen LogP contribution in [0.3, 0.4) is 0 Å². The van der Waals surface area contributed by atoms with Crippen LogP contribution in [0.25, 0.3) is 0 Å². The maximum Gasteiger partial charge on any atom is 0.205 e. The van der Waals surface area contributed by atoms with Gasteiger partial charge in [-0.15, -0.1) is 22.0 Å². The molecule has 0 aliphatic rings. The van der Waals surface area contributed by atoms with Crippen molar-refractivity contribution in [2.75, 3.05) is 11.9 Å². The third-order valence-corrected chi connectivity index (χ3v) is 4.73. The number of aryl methyl sites for hydroxylation is 2. The zero-order valence-corrected chi connectivity index (χ0v) is 12.5. The summed E-state index contributed by atoms with van der Waals surface area (Å²) in [5.74, 6) is 0.882. The summed E-state index contributed by atoms with van der Waals surface area (Å²) in [5.41, 5.74) is 2.64. The molecule has 0 aliphatic heterocycles. The van der Waals surface area contributed by atoms with Crippen molar-refractivity contribution in [2.24, 2.45) is 0 Å². The molecule has 0 atom stereocenters. The molecule has 0 saturated carbocycles. The van der Waals surface area contributed by atoms with Gasteiger partial charge in [0, 0.05) is 11.4 Å². The molecule has 0 radical (unpaired) electrons. The van der Waals surface area contributed by atoms with Crippen molar-refractivity contribution in [3.8, 4) is 0 Å². The van der Waals surface area contributed by atoms with Crippen molar-refractivity contribution < 1.29 is 0 Å². The van der Waals surface area contributed by atoms with E-state index in [0.29, 0.717) is 0 Å². The fourth-order valence-electron chi connectivity index (χ4n) is 1.64. The van der Waals surface area contributed by atoms with Gasteiger partial charge in [-0.2, -0.15) is 0 Å². The summed E-state index contributed by atoms with van der Waals surface area (Å²) in [7, 11) is 0. The van der Waals surface area contributed by atoms with Crippen LogP contribution >= 0.6 is 23.1 Å². The van der Waals surface area contributed by atoms with E-state index in [1.165, 1.54) is 16.0 Å². The number of anilines is 1. The van der Waals surface area contributed by atoms with Crippen molar-refractivity contribution in [1.29, 1.82) is 0 Å². The molecule has 0 unspecified atom stereocenters. The lowest BCUT2D eigenvalue weighted by atomic mass is 10.2. The van der Waals surface area contributed by atoms with Crippen LogP contribution in [0.5, 0.6) is 0 Å². The van der Waals surface area contributed by atoms with E-state index >= 15 is 0 Å². The minimum absolute atomic E-state index is 0.882. The van der Waals surface area contributed by atoms with Crippen molar-refractivity contribution in [1.82, 2.24) is 10.2 Å². The molecule has 3 nitrogen and oxygen atoms in total. The first kappa shape index (κ1) is 13.4. The van der Waals surface area contributed by atoms with Gasteiger partial charge in [-0.25, -0.2) is 0 Å². The molecule has 1 heterocycles. The van der Waals surface area contributed by atoms with Gasteiger partial charge in [-0.1, -0.05) is 29.0 Å². The fourth-order valence-corrected chi connectivity index (χ4v) is 3.44. The van der Waals surface area contributed by atoms with Gasteiger partial charge in [-0.05, 0) is 32.4 Å². The van der Waals surface area contributed by atoms with Crippen LogP contribution < -0.4 is 5.32 Å². The lowest BCUT2D eigenvalue weighted by Gasteiger charge is -2.04. The largest absolute Gasteiger partial charge is 0.360 e. The highest BCUT2D eigenvalue weighted by Crippen LogP contribution is 2.28. The Balaban J connectivity index is 1.97. The summed E-state index contributed by atoms with van der Waals surface area (Å²) in [5, 5.41) is 13.4. The van der Waals surface area contributed by atoms with Crippen LogP contribution in [0, 0.1) is 13.8 Å². The SMILES string of the molecule is CCNc1nnc(CSc2ccc(C)cc2C)s1. The van der Waals surface area contributed by atoms with E-state index in [1.807, 2.05) is 11.8 Å². The Hall–Kier alpha value is -1.07. The molecular weight excluding hydrogens is 262 g/mol. The first-order valence-electron chi connectivity index (χ1n) is 5.95. The molecule has 2 aromatic rings. The summed E-state index contributed by atoms with van der Waals surface area (Å²) < 4.78 is 0. The van der Waals surface area contributed by atoms with Crippen molar-refractivity contribution >= 4 is 28.2 Å². The number of rotatable bonds is 5. The zero-order valence-electron chi connectivity index (χ0n) is 10.9. The molecular formula is C13H17N3S2. The van der Waals surface area contributed by atoms with Crippen LogP contribution in [0.2, 0.25) is 0 Å². The Kier molecular flexibility index (Phi) is 4.60. The average Bonchev–Trinajstić information content (AvgIpc) is 2.76. The van der Waals surface area contributed by atoms with E-state index < -0.39 is 0 Å². The van der Waals surface area contributed by atoms with Crippen LogP contribution in [0.15, 0.2) is 23.1 Å². The summed E-state index contributed by atoms with van der Waals surface area (Å²) >= 11 is 3.45. The summed E-state index contributed by atoms with van der Waals surface area (Å²) in [4.78, 5) is 1.32. The molecule has 0 aliphatic carbocycles. The van der Waals surface area contributed by atoms with E-state index in [-0.39, 0.29) is 0 Å². The smallest absolute Gasteiger partial charge is 0.205 e. The maximum atomic E-state index is 4.18. The highest BCUT2D eigenvalue weighted by molar-refractivity contribution is 7.98. The van der Waals surface area contributed by atoms with E-state index in [2.05, 4.69) is 54.5 Å². The highest BCUT2D eigenvalue weighted by Gasteiger charge is 2.05. The van der Waals surface area contributed by atoms with Crippen LogP contribution in [-0.4, -0.2) is 16.7 Å². The maximum absolute atomic E-state index is 4.18. The Labute approximate surface area is 116 Å². The molecule has 0 bridgehead atoms. The molecule has 0 fully saturated rings. The highest BCUT2D eigenvalue weighted by atomic mass is 32.2. The number of nitrogens with one attached hydrogen (secondary N) is 1. The van der Waals surface area contributed by atoms with Gasteiger partial charge in [0.15, 0.2) is 0 Å². The molecule has 1 aromatic carbocycles. The number of thioether (sulfide) groups is 1. The van der Waals surface area contributed by atoms with E-state index in [9.17, 15) is 0 Å².